The van der Waals surface area contributed by atoms with Crippen LogP contribution in [-0.4, -0.2) is 43.8 Å². The van der Waals surface area contributed by atoms with Gasteiger partial charge in [0.25, 0.3) is 0 Å². The largest absolute Gasteiger partial charge is 0.395 e. The molecule has 0 saturated heterocycles. The predicted octanol–water partition coefficient (Wildman–Crippen LogP) is 0.286. The molecule has 0 fully saturated rings. The van der Waals surface area contributed by atoms with Gasteiger partial charge in [0, 0.05) is 13.6 Å². The van der Waals surface area contributed by atoms with Crippen molar-refractivity contribution in [2.75, 3.05) is 26.0 Å². The molecule has 0 spiro atoms. The molecule has 0 aromatic heterocycles. The van der Waals surface area contributed by atoms with Gasteiger partial charge in [0.15, 0.2) is 0 Å². The Balaban J connectivity index is 4.17. The van der Waals surface area contributed by atoms with Gasteiger partial charge < -0.3 is 5.11 Å². The fourth-order valence-electron chi connectivity index (χ4n) is 0.953. The Bertz CT molecular complexity index is 226. The van der Waals surface area contributed by atoms with E-state index in [1.165, 1.54) is 4.31 Å². The van der Waals surface area contributed by atoms with Gasteiger partial charge in [-0.3, -0.25) is 0 Å². The van der Waals surface area contributed by atoms with Crippen molar-refractivity contribution >= 4 is 10.0 Å². The van der Waals surface area contributed by atoms with E-state index < -0.39 is 10.0 Å². The molecule has 1 atom stereocenters. The minimum Gasteiger partial charge on any atom is -0.395 e. The first-order valence-corrected chi connectivity index (χ1v) is 6.09. The molecule has 0 aromatic carbocycles. The lowest BCUT2D eigenvalue weighted by molar-refractivity contribution is 0.314. The number of aliphatic hydroxyl groups is 1. The van der Waals surface area contributed by atoms with E-state index in [4.69, 9.17) is 5.11 Å². The van der Waals surface area contributed by atoms with E-state index in [0.29, 0.717) is 12.5 Å². The Morgan fingerprint density at radius 2 is 2.00 bits per heavy atom. The maximum Gasteiger partial charge on any atom is 0.216 e. The summed E-state index contributed by atoms with van der Waals surface area (Å²) in [5.41, 5.74) is 0. The van der Waals surface area contributed by atoms with Crippen LogP contribution in [0, 0.1) is 5.92 Å². The minimum atomic E-state index is -3.23. The van der Waals surface area contributed by atoms with Crippen LogP contribution in [0.2, 0.25) is 0 Å². The second-order valence-electron chi connectivity index (χ2n) is 3.33. The molecule has 0 rings (SSSR count). The van der Waals surface area contributed by atoms with E-state index in [2.05, 4.69) is 0 Å². The molecule has 0 amide bonds. The first-order valence-electron chi connectivity index (χ1n) is 4.49. The number of hydrogen-bond donors (Lipinski definition) is 1. The van der Waals surface area contributed by atoms with Gasteiger partial charge in [-0.2, -0.15) is 0 Å². The van der Waals surface area contributed by atoms with Crippen LogP contribution in [0.4, 0.5) is 0 Å². The molecule has 1 unspecified atom stereocenters. The summed E-state index contributed by atoms with van der Waals surface area (Å²) in [5, 5.41) is 8.54. The molecule has 0 aromatic rings. The molecule has 1 N–H and O–H groups in total. The summed E-state index contributed by atoms with van der Waals surface area (Å²) in [4.78, 5) is 0. The number of sulfonamides is 1. The topological polar surface area (TPSA) is 57.6 Å². The third-order valence-electron chi connectivity index (χ3n) is 2.09. The van der Waals surface area contributed by atoms with Crippen molar-refractivity contribution in [1.82, 2.24) is 4.31 Å². The smallest absolute Gasteiger partial charge is 0.216 e. The summed E-state index contributed by atoms with van der Waals surface area (Å²) >= 11 is 0. The first-order chi connectivity index (χ1) is 5.94. The van der Waals surface area contributed by atoms with Gasteiger partial charge in [0.1, 0.15) is 0 Å². The zero-order valence-corrected chi connectivity index (χ0v) is 9.34. The van der Waals surface area contributed by atoms with Gasteiger partial charge in [0.05, 0.1) is 12.4 Å². The van der Waals surface area contributed by atoms with E-state index in [0.717, 1.165) is 6.42 Å². The van der Waals surface area contributed by atoms with Crippen molar-refractivity contribution in [3.63, 3.8) is 0 Å². The normalized spacial score (nSPS) is 14.8. The number of hydrogen-bond acceptors (Lipinski definition) is 3. The maximum absolute atomic E-state index is 11.3. The SMILES string of the molecule is CCC(C)CN(C)S(=O)(=O)CCO. The van der Waals surface area contributed by atoms with E-state index in [1.807, 2.05) is 13.8 Å². The minimum absolute atomic E-state index is 0.181. The molecule has 0 heterocycles. The summed E-state index contributed by atoms with van der Waals surface area (Å²) in [5.74, 6) is 0.179. The quantitative estimate of drug-likeness (QED) is 0.684. The zero-order valence-electron chi connectivity index (χ0n) is 8.52. The van der Waals surface area contributed by atoms with Crippen LogP contribution in [0.5, 0.6) is 0 Å². The van der Waals surface area contributed by atoms with E-state index >= 15 is 0 Å². The lowest BCUT2D eigenvalue weighted by Crippen LogP contribution is -2.33. The predicted molar refractivity (Wildman–Crippen MR) is 53.0 cm³/mol. The summed E-state index contributed by atoms with van der Waals surface area (Å²) < 4.78 is 24.0. The number of nitrogens with zero attached hydrogens (tertiary/aromatic N) is 1. The Kier molecular flexibility index (Phi) is 5.51. The summed E-state index contributed by atoms with van der Waals surface area (Å²) in [6.07, 6.45) is 0.957. The molecule has 0 aliphatic carbocycles. The highest BCUT2D eigenvalue weighted by atomic mass is 32.2. The maximum atomic E-state index is 11.3. The van der Waals surface area contributed by atoms with Crippen molar-refractivity contribution in [3.05, 3.63) is 0 Å². The molecule has 0 saturated carbocycles. The molecule has 80 valence electrons. The fraction of sp³-hybridized carbons (Fsp3) is 1.00. The van der Waals surface area contributed by atoms with Crippen LogP contribution in [0.1, 0.15) is 20.3 Å². The van der Waals surface area contributed by atoms with Crippen LogP contribution in [0.25, 0.3) is 0 Å². The van der Waals surface area contributed by atoms with E-state index in [1.54, 1.807) is 7.05 Å². The molecule has 0 aliphatic rings. The highest BCUT2D eigenvalue weighted by Gasteiger charge is 2.18. The summed E-state index contributed by atoms with van der Waals surface area (Å²) in [6.45, 7) is 4.24. The highest BCUT2D eigenvalue weighted by Crippen LogP contribution is 2.06. The number of aliphatic hydroxyl groups excluding tert-OH is 1. The Morgan fingerprint density at radius 1 is 1.46 bits per heavy atom. The van der Waals surface area contributed by atoms with Gasteiger partial charge in [-0.1, -0.05) is 20.3 Å². The highest BCUT2D eigenvalue weighted by molar-refractivity contribution is 7.89. The lowest BCUT2D eigenvalue weighted by atomic mass is 10.1. The van der Waals surface area contributed by atoms with Crippen molar-refractivity contribution < 1.29 is 13.5 Å². The average molecular weight is 209 g/mol. The molecular weight excluding hydrogens is 190 g/mol. The molecular formula is C8H19NO3S. The molecule has 0 aliphatic heterocycles. The molecule has 13 heavy (non-hydrogen) atoms. The van der Waals surface area contributed by atoms with Crippen molar-refractivity contribution in [1.29, 1.82) is 0 Å². The summed E-state index contributed by atoms with van der Waals surface area (Å²) in [6, 6.07) is 0. The van der Waals surface area contributed by atoms with Crippen LogP contribution < -0.4 is 0 Å². The standard InChI is InChI=1S/C8H19NO3S/c1-4-8(2)7-9(3)13(11,12)6-5-10/h8,10H,4-7H2,1-3H3. The number of rotatable bonds is 6. The van der Waals surface area contributed by atoms with Crippen molar-refractivity contribution in [2.24, 2.45) is 5.92 Å². The zero-order chi connectivity index (χ0) is 10.5. The van der Waals surface area contributed by atoms with Crippen LogP contribution in [0.3, 0.4) is 0 Å². The molecule has 0 radical (unpaired) electrons. The van der Waals surface area contributed by atoms with Gasteiger partial charge in [0.2, 0.25) is 10.0 Å². The third kappa shape index (κ3) is 4.59. The van der Waals surface area contributed by atoms with E-state index in [9.17, 15) is 8.42 Å². The van der Waals surface area contributed by atoms with Crippen LogP contribution in [0.15, 0.2) is 0 Å². The Hall–Kier alpha value is -0.130. The van der Waals surface area contributed by atoms with Gasteiger partial charge in [-0.15, -0.1) is 0 Å². The van der Waals surface area contributed by atoms with Gasteiger partial charge >= 0.3 is 0 Å². The van der Waals surface area contributed by atoms with Gasteiger partial charge in [-0.25, -0.2) is 12.7 Å². The second kappa shape index (κ2) is 5.57. The monoisotopic (exact) mass is 209 g/mol. The van der Waals surface area contributed by atoms with E-state index in [-0.39, 0.29) is 12.4 Å². The average Bonchev–Trinajstić information content (AvgIpc) is 2.04. The molecule has 4 nitrogen and oxygen atoms in total. The van der Waals surface area contributed by atoms with Gasteiger partial charge in [-0.05, 0) is 5.92 Å². The van der Waals surface area contributed by atoms with Crippen molar-refractivity contribution in [3.8, 4) is 0 Å². The third-order valence-corrected chi connectivity index (χ3v) is 3.89. The Labute approximate surface area is 80.6 Å². The fourth-order valence-corrected chi connectivity index (χ4v) is 1.98. The molecule has 5 heteroatoms. The summed E-state index contributed by atoms with van der Waals surface area (Å²) in [7, 11) is -1.68. The first kappa shape index (κ1) is 12.9. The Morgan fingerprint density at radius 3 is 2.38 bits per heavy atom. The van der Waals surface area contributed by atoms with Crippen molar-refractivity contribution in [2.45, 2.75) is 20.3 Å². The lowest BCUT2D eigenvalue weighted by Gasteiger charge is -2.19. The van der Waals surface area contributed by atoms with Crippen LogP contribution in [-0.2, 0) is 10.0 Å². The molecule has 0 bridgehead atoms. The second-order valence-corrected chi connectivity index (χ2v) is 5.53. The van der Waals surface area contributed by atoms with Crippen LogP contribution >= 0.6 is 0 Å².